The molecule has 2 fully saturated rings. The summed E-state index contributed by atoms with van der Waals surface area (Å²) in [6, 6.07) is -0.269. The second kappa shape index (κ2) is 6.86. The molecular formula is C13H24N4O2. The second-order valence-corrected chi connectivity index (χ2v) is 5.24. The van der Waals surface area contributed by atoms with Gasteiger partial charge in [-0.3, -0.25) is 14.5 Å². The van der Waals surface area contributed by atoms with Crippen molar-refractivity contribution in [2.24, 2.45) is 0 Å². The molecule has 2 aliphatic heterocycles. The Morgan fingerprint density at radius 1 is 1.21 bits per heavy atom. The van der Waals surface area contributed by atoms with Crippen molar-refractivity contribution in [2.75, 3.05) is 46.3 Å². The number of carbonyl (C=O) groups excluding carboxylic acids is 2. The molecule has 0 aromatic rings. The largest absolute Gasteiger partial charge is 0.357 e. The summed E-state index contributed by atoms with van der Waals surface area (Å²) in [4.78, 5) is 28.2. The number of carbonyl (C=O) groups is 2. The molecule has 2 rings (SSSR count). The van der Waals surface area contributed by atoms with Crippen molar-refractivity contribution >= 4 is 11.8 Å². The molecule has 2 N–H and O–H groups in total. The lowest BCUT2D eigenvalue weighted by molar-refractivity contribution is -0.143. The van der Waals surface area contributed by atoms with E-state index in [4.69, 9.17) is 0 Å². The van der Waals surface area contributed by atoms with Gasteiger partial charge in [-0.2, -0.15) is 0 Å². The van der Waals surface area contributed by atoms with Crippen LogP contribution in [0.2, 0.25) is 0 Å². The Hall–Kier alpha value is -1.14. The van der Waals surface area contributed by atoms with Crippen LogP contribution in [0, 0.1) is 0 Å². The van der Waals surface area contributed by atoms with Crippen LogP contribution < -0.4 is 10.6 Å². The maximum atomic E-state index is 12.4. The van der Waals surface area contributed by atoms with E-state index in [2.05, 4.69) is 15.5 Å². The number of hydrogen-bond acceptors (Lipinski definition) is 4. The quantitative estimate of drug-likeness (QED) is 0.690. The van der Waals surface area contributed by atoms with Crippen molar-refractivity contribution in [2.45, 2.75) is 25.3 Å². The van der Waals surface area contributed by atoms with Gasteiger partial charge in [0.15, 0.2) is 0 Å². The topological polar surface area (TPSA) is 64.7 Å². The Labute approximate surface area is 114 Å². The number of nitrogens with zero attached hydrogens (tertiary/aromatic N) is 2. The predicted octanol–water partition coefficient (Wildman–Crippen LogP) is -0.981. The Morgan fingerprint density at radius 2 is 1.95 bits per heavy atom. The van der Waals surface area contributed by atoms with Crippen LogP contribution in [0.1, 0.15) is 19.3 Å². The third-order valence-corrected chi connectivity index (χ3v) is 3.94. The Balaban J connectivity index is 1.92. The normalized spacial score (nSPS) is 25.1. The van der Waals surface area contributed by atoms with Gasteiger partial charge >= 0.3 is 0 Å². The first kappa shape index (κ1) is 14.3. The molecule has 2 aliphatic rings. The van der Waals surface area contributed by atoms with E-state index >= 15 is 0 Å². The lowest BCUT2D eigenvalue weighted by Gasteiger charge is -2.36. The number of piperazine rings is 1. The first-order valence-electron chi connectivity index (χ1n) is 7.16. The molecule has 0 aromatic heterocycles. The highest BCUT2D eigenvalue weighted by atomic mass is 16.2. The van der Waals surface area contributed by atoms with Crippen molar-refractivity contribution in [1.29, 1.82) is 0 Å². The molecule has 1 unspecified atom stereocenters. The number of likely N-dealkylation sites (tertiary alicyclic amines) is 1. The molecule has 0 radical (unpaired) electrons. The molecule has 6 heteroatoms. The minimum atomic E-state index is -0.269. The van der Waals surface area contributed by atoms with Crippen LogP contribution in [0.25, 0.3) is 0 Å². The van der Waals surface area contributed by atoms with Gasteiger partial charge in [0.05, 0.1) is 6.54 Å². The number of hydrogen-bond donors (Lipinski definition) is 2. The number of nitrogens with one attached hydrogen (secondary N) is 2. The minimum Gasteiger partial charge on any atom is -0.357 e. The lowest BCUT2D eigenvalue weighted by Crippen LogP contribution is -2.55. The van der Waals surface area contributed by atoms with Gasteiger partial charge in [-0.05, 0) is 19.3 Å². The van der Waals surface area contributed by atoms with Gasteiger partial charge in [-0.15, -0.1) is 0 Å². The molecule has 2 amide bonds. The highest BCUT2D eigenvalue weighted by Gasteiger charge is 2.32. The number of piperidine rings is 1. The summed E-state index contributed by atoms with van der Waals surface area (Å²) in [6.45, 7) is 4.84. The van der Waals surface area contributed by atoms with Crippen LogP contribution in [0.5, 0.6) is 0 Å². The van der Waals surface area contributed by atoms with E-state index in [1.165, 1.54) is 0 Å². The van der Waals surface area contributed by atoms with E-state index in [9.17, 15) is 9.59 Å². The van der Waals surface area contributed by atoms with E-state index in [0.29, 0.717) is 13.1 Å². The first-order chi connectivity index (χ1) is 9.22. The minimum absolute atomic E-state index is 0.0339. The fourth-order valence-corrected chi connectivity index (χ4v) is 2.82. The van der Waals surface area contributed by atoms with Gasteiger partial charge in [-0.25, -0.2) is 0 Å². The van der Waals surface area contributed by atoms with E-state index in [1.807, 2.05) is 0 Å². The summed E-state index contributed by atoms with van der Waals surface area (Å²) >= 11 is 0. The molecule has 0 saturated carbocycles. The summed E-state index contributed by atoms with van der Waals surface area (Å²) in [6.07, 6.45) is 2.81. The fraction of sp³-hybridized carbons (Fsp3) is 0.846. The molecule has 6 nitrogen and oxygen atoms in total. The first-order valence-corrected chi connectivity index (χ1v) is 7.16. The molecule has 108 valence electrons. The summed E-state index contributed by atoms with van der Waals surface area (Å²) < 4.78 is 0. The van der Waals surface area contributed by atoms with Crippen molar-refractivity contribution < 1.29 is 9.59 Å². The number of likely N-dealkylation sites (N-methyl/N-ethyl adjacent to an activating group) is 1. The zero-order valence-electron chi connectivity index (χ0n) is 11.7. The monoisotopic (exact) mass is 268 g/mol. The van der Waals surface area contributed by atoms with Crippen molar-refractivity contribution in [3.8, 4) is 0 Å². The highest BCUT2D eigenvalue weighted by molar-refractivity contribution is 5.88. The average molecular weight is 268 g/mol. The standard InChI is InChI=1S/C13H24N4O2/c1-14-13(19)11-4-2-3-7-17(11)12(18)10-16-8-5-15-6-9-16/h11,15H,2-10H2,1H3,(H,14,19). The van der Waals surface area contributed by atoms with Gasteiger partial charge in [0.2, 0.25) is 11.8 Å². The van der Waals surface area contributed by atoms with E-state index < -0.39 is 0 Å². The molecule has 19 heavy (non-hydrogen) atoms. The lowest BCUT2D eigenvalue weighted by atomic mass is 10.0. The van der Waals surface area contributed by atoms with Crippen molar-refractivity contribution in [1.82, 2.24) is 20.4 Å². The fourth-order valence-electron chi connectivity index (χ4n) is 2.82. The van der Waals surface area contributed by atoms with Crippen LogP contribution in [0.4, 0.5) is 0 Å². The SMILES string of the molecule is CNC(=O)C1CCCCN1C(=O)CN1CCNCC1. The van der Waals surface area contributed by atoms with E-state index in [-0.39, 0.29) is 17.9 Å². The maximum absolute atomic E-state index is 12.4. The van der Waals surface area contributed by atoms with E-state index in [1.54, 1.807) is 11.9 Å². The third-order valence-electron chi connectivity index (χ3n) is 3.94. The van der Waals surface area contributed by atoms with Crippen LogP contribution in [-0.2, 0) is 9.59 Å². The summed E-state index contributed by atoms with van der Waals surface area (Å²) in [5, 5.41) is 5.94. The Morgan fingerprint density at radius 3 is 2.63 bits per heavy atom. The zero-order valence-corrected chi connectivity index (χ0v) is 11.7. The summed E-state index contributed by atoms with van der Waals surface area (Å²) in [5.74, 6) is 0.0589. The van der Waals surface area contributed by atoms with Gasteiger partial charge in [-0.1, -0.05) is 0 Å². The molecule has 0 aromatic carbocycles. The Bertz CT molecular complexity index is 329. The molecule has 0 spiro atoms. The van der Waals surface area contributed by atoms with Crippen LogP contribution >= 0.6 is 0 Å². The molecule has 0 aliphatic carbocycles. The third kappa shape index (κ3) is 3.67. The smallest absolute Gasteiger partial charge is 0.242 e. The number of rotatable bonds is 3. The van der Waals surface area contributed by atoms with Crippen LogP contribution in [0.15, 0.2) is 0 Å². The van der Waals surface area contributed by atoms with Gasteiger partial charge in [0.25, 0.3) is 0 Å². The molecule has 0 bridgehead atoms. The molecular weight excluding hydrogens is 244 g/mol. The van der Waals surface area contributed by atoms with Gasteiger partial charge in [0, 0.05) is 39.8 Å². The summed E-state index contributed by atoms with van der Waals surface area (Å²) in [5.41, 5.74) is 0. The van der Waals surface area contributed by atoms with Crippen molar-refractivity contribution in [3.63, 3.8) is 0 Å². The van der Waals surface area contributed by atoms with Crippen LogP contribution in [0.3, 0.4) is 0 Å². The van der Waals surface area contributed by atoms with Gasteiger partial charge < -0.3 is 15.5 Å². The molecule has 2 heterocycles. The van der Waals surface area contributed by atoms with Crippen LogP contribution in [-0.4, -0.2) is 74.0 Å². The van der Waals surface area contributed by atoms with E-state index in [0.717, 1.165) is 45.4 Å². The average Bonchev–Trinajstić information content (AvgIpc) is 2.47. The van der Waals surface area contributed by atoms with Crippen molar-refractivity contribution in [3.05, 3.63) is 0 Å². The zero-order chi connectivity index (χ0) is 13.7. The maximum Gasteiger partial charge on any atom is 0.242 e. The van der Waals surface area contributed by atoms with Gasteiger partial charge in [0.1, 0.15) is 6.04 Å². The second-order valence-electron chi connectivity index (χ2n) is 5.24. The highest BCUT2D eigenvalue weighted by Crippen LogP contribution is 2.17. The predicted molar refractivity (Wildman–Crippen MR) is 72.7 cm³/mol. The summed E-state index contributed by atoms with van der Waals surface area (Å²) in [7, 11) is 1.63. The molecule has 1 atom stereocenters. The molecule has 2 saturated heterocycles. The Kier molecular flexibility index (Phi) is 5.15. The number of amides is 2.